The van der Waals surface area contributed by atoms with Crippen molar-refractivity contribution in [2.24, 2.45) is 0 Å². The number of anilines is 3. The van der Waals surface area contributed by atoms with Gasteiger partial charge in [-0.1, -0.05) is 130 Å². The summed E-state index contributed by atoms with van der Waals surface area (Å²) in [6, 6.07) is 48.7. The van der Waals surface area contributed by atoms with Crippen molar-refractivity contribution in [2.45, 2.75) is 0 Å². The molecule has 41 heavy (non-hydrogen) atoms. The molecule has 0 N–H and O–H groups in total. The van der Waals surface area contributed by atoms with Crippen molar-refractivity contribution in [3.8, 4) is 33.8 Å². The quantitative estimate of drug-likeness (QED) is 0.166. The molecule has 0 amide bonds. The summed E-state index contributed by atoms with van der Waals surface area (Å²) < 4.78 is 7.22. The van der Waals surface area contributed by atoms with Crippen LogP contribution in [0.5, 0.6) is 11.5 Å². The van der Waals surface area contributed by atoms with Crippen LogP contribution in [0.15, 0.2) is 150 Å². The second-order valence-corrected chi connectivity index (χ2v) is 10.9. The number of benzene rings is 6. The molecule has 6 aromatic carbocycles. The fourth-order valence-electron chi connectivity index (χ4n) is 4.96. The second-order valence-electron chi connectivity index (χ2n) is 9.57. The van der Waals surface area contributed by atoms with E-state index in [4.69, 9.17) is 24.2 Å². The van der Waals surface area contributed by atoms with Crippen molar-refractivity contribution < 1.29 is 4.74 Å². The van der Waals surface area contributed by atoms with Crippen molar-refractivity contribution in [3.63, 3.8) is 0 Å². The van der Waals surface area contributed by atoms with Gasteiger partial charge in [-0.15, -0.1) is 0 Å². The minimum absolute atomic E-state index is 0.555. The zero-order valence-electron chi connectivity index (χ0n) is 22.0. The molecule has 0 aliphatic heterocycles. The lowest BCUT2D eigenvalue weighted by Gasteiger charge is -2.31. The van der Waals surface area contributed by atoms with Gasteiger partial charge in [0.1, 0.15) is 19.3 Å². The summed E-state index contributed by atoms with van der Waals surface area (Å²) in [5.74, 6) is 1.25. The maximum atomic E-state index is 6.77. The Balaban J connectivity index is 1.62. The van der Waals surface area contributed by atoms with Crippen LogP contribution in [-0.4, -0.2) is 7.85 Å². The number of rotatable bonds is 7. The maximum Gasteiger partial charge on any atom is 0.131 e. The zero-order chi connectivity index (χ0) is 28.2. The van der Waals surface area contributed by atoms with Crippen LogP contribution in [0.2, 0.25) is 5.02 Å². The molecule has 0 saturated carbocycles. The molecule has 5 heteroatoms. The van der Waals surface area contributed by atoms with Crippen LogP contribution in [0.3, 0.4) is 0 Å². The molecule has 196 valence electrons. The molecule has 2 radical (unpaired) electrons. The number of nitrogens with zero attached hydrogens (tertiary/aromatic N) is 1. The number of halogens is 2. The summed E-state index contributed by atoms with van der Waals surface area (Å²) in [4.78, 5) is 2.24. The van der Waals surface area contributed by atoms with Crippen molar-refractivity contribution in [2.75, 3.05) is 4.90 Å². The molecule has 0 spiro atoms. The fraction of sp³-hybridized carbons (Fsp3) is 0. The topological polar surface area (TPSA) is 12.5 Å². The lowest BCUT2D eigenvalue weighted by Crippen LogP contribution is -2.13. The third kappa shape index (κ3) is 6.10. The largest absolute Gasteiger partial charge is 0.457 e. The number of hydrogen-bond acceptors (Lipinski definition) is 2. The van der Waals surface area contributed by atoms with E-state index in [9.17, 15) is 0 Å². The second kappa shape index (κ2) is 12.1. The fourth-order valence-corrected chi connectivity index (χ4v) is 5.56. The normalized spacial score (nSPS) is 10.8. The van der Waals surface area contributed by atoms with Gasteiger partial charge < -0.3 is 9.64 Å². The molecule has 2 nitrogen and oxygen atoms in total. The van der Waals surface area contributed by atoms with Crippen LogP contribution in [0.4, 0.5) is 17.1 Å². The summed E-state index contributed by atoms with van der Waals surface area (Å²) in [5, 5.41) is 0.555. The molecule has 0 aliphatic rings. The molecular weight excluding hydrogens is 589 g/mol. The lowest BCUT2D eigenvalue weighted by molar-refractivity contribution is 0.483. The average molecular weight is 613 g/mol. The predicted octanol–water partition coefficient (Wildman–Crippen LogP) is 10.5. The van der Waals surface area contributed by atoms with Crippen molar-refractivity contribution in [3.05, 3.63) is 155 Å². The van der Waals surface area contributed by atoms with Gasteiger partial charge in [-0.25, -0.2) is 0 Å². The van der Waals surface area contributed by atoms with E-state index in [-0.39, 0.29) is 0 Å². The zero-order valence-corrected chi connectivity index (χ0v) is 24.4. The Labute approximate surface area is 255 Å². The molecule has 0 aliphatic carbocycles. The van der Waals surface area contributed by atoms with Gasteiger partial charge in [-0.05, 0) is 53.6 Å². The Kier molecular flexibility index (Phi) is 7.95. The first-order valence-electron chi connectivity index (χ1n) is 13.2. The summed E-state index contributed by atoms with van der Waals surface area (Å²) >= 11 is 10.5. The van der Waals surface area contributed by atoms with E-state index in [1.807, 2.05) is 60.7 Å². The first-order chi connectivity index (χ1) is 20.0. The Morgan fingerprint density at radius 1 is 0.561 bits per heavy atom. The number of para-hydroxylation sites is 1. The van der Waals surface area contributed by atoms with Gasteiger partial charge in [0.2, 0.25) is 0 Å². The van der Waals surface area contributed by atoms with E-state index < -0.39 is 0 Å². The Morgan fingerprint density at radius 2 is 1.20 bits per heavy atom. The number of hydrogen-bond donors (Lipinski definition) is 0. The molecule has 0 aromatic heterocycles. The van der Waals surface area contributed by atoms with Crippen molar-refractivity contribution in [1.82, 2.24) is 0 Å². The van der Waals surface area contributed by atoms with Crippen LogP contribution in [-0.2, 0) is 0 Å². The van der Waals surface area contributed by atoms with Crippen molar-refractivity contribution in [1.29, 1.82) is 0 Å². The predicted molar refractivity (Wildman–Crippen MR) is 177 cm³/mol. The van der Waals surface area contributed by atoms with E-state index in [2.05, 4.69) is 99.7 Å². The summed E-state index contributed by atoms with van der Waals surface area (Å²) in [6.07, 6.45) is 0. The minimum atomic E-state index is 0.555. The van der Waals surface area contributed by atoms with E-state index in [1.165, 1.54) is 0 Å². The van der Waals surface area contributed by atoms with E-state index in [1.54, 1.807) is 6.07 Å². The third-order valence-electron chi connectivity index (χ3n) is 6.70. The summed E-state index contributed by atoms with van der Waals surface area (Å²) in [5.41, 5.74) is 7.88. The maximum absolute atomic E-state index is 6.77. The molecule has 0 atom stereocenters. The molecule has 0 bridgehead atoms. The monoisotopic (exact) mass is 611 g/mol. The van der Waals surface area contributed by atoms with Crippen molar-refractivity contribution >= 4 is 57.9 Å². The van der Waals surface area contributed by atoms with Gasteiger partial charge in [-0.2, -0.15) is 0 Å². The molecule has 6 rings (SSSR count). The third-order valence-corrected chi connectivity index (χ3v) is 7.42. The molecule has 0 fully saturated rings. The molecule has 0 saturated heterocycles. The Bertz CT molecular complexity index is 1750. The Hall–Kier alpha value is -4.25. The van der Waals surface area contributed by atoms with E-state index >= 15 is 0 Å². The van der Waals surface area contributed by atoms with Crippen LogP contribution < -0.4 is 15.1 Å². The van der Waals surface area contributed by atoms with Crippen LogP contribution in [0, 0.1) is 0 Å². The molecular formula is C36H24BBrClNO. The number of ether oxygens (including phenoxy) is 1. The van der Waals surface area contributed by atoms with Crippen LogP contribution in [0.25, 0.3) is 22.3 Å². The summed E-state index contributed by atoms with van der Waals surface area (Å²) in [6.45, 7) is 0. The lowest BCUT2D eigenvalue weighted by atomic mass is 9.94. The van der Waals surface area contributed by atoms with Gasteiger partial charge in [0.15, 0.2) is 0 Å². The minimum Gasteiger partial charge on any atom is -0.457 e. The highest BCUT2D eigenvalue weighted by Gasteiger charge is 2.23. The Morgan fingerprint density at radius 3 is 1.83 bits per heavy atom. The summed E-state index contributed by atoms with van der Waals surface area (Å²) in [7, 11) is 6.01. The van der Waals surface area contributed by atoms with Crippen LogP contribution >= 0.6 is 27.5 Å². The molecule has 6 aromatic rings. The van der Waals surface area contributed by atoms with Gasteiger partial charge in [0, 0.05) is 32.4 Å². The first kappa shape index (κ1) is 27.0. The smallest absolute Gasteiger partial charge is 0.131 e. The standard InChI is InChI=1S/C36H24BBrClNO/c37-27-14-7-17-32(20-27)41-33-23-29(39)22-31(24-33)40(30-16-8-15-28(38)21-30)36-34(25-10-3-1-4-11-25)18-9-19-35(36)26-12-5-2-6-13-26/h1-24H. The highest BCUT2D eigenvalue weighted by atomic mass is 79.9. The molecule has 0 heterocycles. The van der Waals surface area contributed by atoms with Crippen LogP contribution in [0.1, 0.15) is 0 Å². The first-order valence-corrected chi connectivity index (χ1v) is 14.4. The average Bonchev–Trinajstić information content (AvgIpc) is 2.98. The van der Waals surface area contributed by atoms with Gasteiger partial charge in [0.25, 0.3) is 0 Å². The van der Waals surface area contributed by atoms with E-state index in [0.29, 0.717) is 22.0 Å². The van der Waals surface area contributed by atoms with Gasteiger partial charge in [-0.3, -0.25) is 0 Å². The van der Waals surface area contributed by atoms with Gasteiger partial charge >= 0.3 is 0 Å². The molecule has 0 unspecified atom stereocenters. The highest BCUT2D eigenvalue weighted by Crippen LogP contribution is 2.48. The SMILES string of the molecule is [B]c1cccc(Oc2cc(Cl)cc(N(c3cccc(Br)c3)c3c(-c4ccccc4)cccc3-c3ccccc3)c2)c1. The van der Waals surface area contributed by atoms with Gasteiger partial charge in [0.05, 0.1) is 11.4 Å². The van der Waals surface area contributed by atoms with E-state index in [0.717, 1.165) is 43.8 Å². The highest BCUT2D eigenvalue weighted by molar-refractivity contribution is 9.10.